The molecular weight excluding hydrogens is 394 g/mol. The fourth-order valence-corrected chi connectivity index (χ4v) is 5.69. The Morgan fingerprint density at radius 3 is 2.50 bits per heavy atom. The van der Waals surface area contributed by atoms with Crippen LogP contribution >= 0.6 is 11.3 Å². The third kappa shape index (κ3) is 3.03. The number of hydrogen-bond acceptors (Lipinski definition) is 4. The van der Waals surface area contributed by atoms with Crippen molar-refractivity contribution in [1.82, 2.24) is 4.98 Å². The lowest BCUT2D eigenvalue weighted by molar-refractivity contribution is -0.119. The van der Waals surface area contributed by atoms with Crippen LogP contribution in [0.25, 0.3) is 0 Å². The summed E-state index contributed by atoms with van der Waals surface area (Å²) in [6.45, 7) is 0. The van der Waals surface area contributed by atoms with Crippen LogP contribution in [0, 0.1) is 0 Å². The Labute approximate surface area is 179 Å². The molecule has 2 amide bonds. The zero-order chi connectivity index (χ0) is 20.6. The van der Waals surface area contributed by atoms with Crippen LogP contribution in [0.15, 0.2) is 66.2 Å². The van der Waals surface area contributed by atoms with E-state index in [1.54, 1.807) is 6.20 Å². The number of aromatic nitrogens is 1. The first-order chi connectivity index (χ1) is 14.7. The molecule has 1 atom stereocenters. The molecule has 1 N–H and O–H groups in total. The minimum Gasteiger partial charge on any atom is -0.301 e. The highest BCUT2D eigenvalue weighted by atomic mass is 32.1. The van der Waals surface area contributed by atoms with E-state index < -0.39 is 11.5 Å². The number of para-hydroxylation sites is 1. The Morgan fingerprint density at radius 1 is 1.03 bits per heavy atom. The second-order valence-corrected chi connectivity index (χ2v) is 8.88. The van der Waals surface area contributed by atoms with E-state index in [9.17, 15) is 9.59 Å². The van der Waals surface area contributed by atoms with Gasteiger partial charge in [-0.2, -0.15) is 0 Å². The molecule has 152 valence electrons. The predicted octanol–water partition coefficient (Wildman–Crippen LogP) is 5.23. The molecule has 1 fully saturated rings. The van der Waals surface area contributed by atoms with Gasteiger partial charge in [0.1, 0.15) is 0 Å². The lowest BCUT2D eigenvalue weighted by Crippen LogP contribution is -2.62. The lowest BCUT2D eigenvalue weighted by Gasteiger charge is -2.53. The van der Waals surface area contributed by atoms with Crippen LogP contribution in [0.4, 0.5) is 10.8 Å². The van der Waals surface area contributed by atoms with E-state index in [4.69, 9.17) is 0 Å². The molecule has 6 heteroatoms. The normalized spacial score (nSPS) is 20.1. The zero-order valence-electron chi connectivity index (χ0n) is 16.6. The molecule has 0 radical (unpaired) electrons. The minimum absolute atomic E-state index is 0.0167. The molecule has 30 heavy (non-hydrogen) atoms. The number of anilines is 2. The van der Waals surface area contributed by atoms with E-state index in [0.29, 0.717) is 10.7 Å². The number of thiazole rings is 1. The Hall–Kier alpha value is -2.99. The average Bonchev–Trinajstić information content (AvgIpc) is 3.28. The quantitative estimate of drug-likeness (QED) is 0.635. The third-order valence-corrected chi connectivity index (χ3v) is 7.03. The van der Waals surface area contributed by atoms with Gasteiger partial charge < -0.3 is 10.2 Å². The molecule has 0 saturated heterocycles. The Kier molecular flexibility index (Phi) is 4.87. The maximum Gasteiger partial charge on any atom is 0.259 e. The maximum atomic E-state index is 13.8. The van der Waals surface area contributed by atoms with Crippen molar-refractivity contribution >= 4 is 34.0 Å². The van der Waals surface area contributed by atoms with Gasteiger partial charge in [-0.05, 0) is 36.6 Å². The fourth-order valence-electron chi connectivity index (χ4n) is 5.16. The Morgan fingerprint density at radius 2 is 1.77 bits per heavy atom. The first-order valence-corrected chi connectivity index (χ1v) is 11.3. The second kappa shape index (κ2) is 7.69. The maximum absolute atomic E-state index is 13.8. The van der Waals surface area contributed by atoms with Crippen LogP contribution in [0.5, 0.6) is 0 Å². The number of hydrogen-bond donors (Lipinski definition) is 1. The van der Waals surface area contributed by atoms with Crippen molar-refractivity contribution in [3.8, 4) is 0 Å². The van der Waals surface area contributed by atoms with Crippen molar-refractivity contribution < 1.29 is 9.59 Å². The fraction of sp³-hybridized carbons (Fsp3) is 0.292. The summed E-state index contributed by atoms with van der Waals surface area (Å²) in [5.41, 5.74) is 1.71. The highest BCUT2D eigenvalue weighted by Crippen LogP contribution is 2.51. The lowest BCUT2D eigenvalue weighted by atomic mass is 9.65. The minimum atomic E-state index is -0.577. The summed E-state index contributed by atoms with van der Waals surface area (Å²) in [6, 6.07) is 17.4. The molecular formula is C24H23N3O2S. The van der Waals surface area contributed by atoms with Gasteiger partial charge in [-0.25, -0.2) is 4.98 Å². The van der Waals surface area contributed by atoms with Crippen molar-refractivity contribution in [2.75, 3.05) is 10.2 Å². The second-order valence-electron chi connectivity index (χ2n) is 7.99. The van der Waals surface area contributed by atoms with Gasteiger partial charge in [0.2, 0.25) is 5.91 Å². The topological polar surface area (TPSA) is 62.3 Å². The van der Waals surface area contributed by atoms with Gasteiger partial charge in [0, 0.05) is 22.8 Å². The smallest absolute Gasteiger partial charge is 0.259 e. The van der Waals surface area contributed by atoms with E-state index in [2.05, 4.69) is 10.3 Å². The van der Waals surface area contributed by atoms with Gasteiger partial charge in [0.25, 0.3) is 5.91 Å². The average molecular weight is 418 g/mol. The van der Waals surface area contributed by atoms with E-state index in [1.165, 1.54) is 11.3 Å². The predicted molar refractivity (Wildman–Crippen MR) is 119 cm³/mol. The summed E-state index contributed by atoms with van der Waals surface area (Å²) in [6.07, 6.45) is 6.42. The van der Waals surface area contributed by atoms with E-state index in [-0.39, 0.29) is 11.8 Å². The zero-order valence-corrected chi connectivity index (χ0v) is 17.4. The standard InChI is InChI=1S/C24H23N3O2S/c28-21(26-23-25-15-16-30-23)20-18-11-5-6-12-19(18)22(29)27(17-9-3-1-4-10-17)24(20)13-7-2-8-14-24/h1,3-6,9-12,15-16,20H,2,7-8,13-14H2,(H,25,26,28)/t20-/m0/s1. The summed E-state index contributed by atoms with van der Waals surface area (Å²) in [5.74, 6) is -0.555. The molecule has 5 nitrogen and oxygen atoms in total. The SMILES string of the molecule is O=C(Nc1nccs1)[C@@H]1c2ccccc2C(=O)N(c2ccccc2)C12CCCCC2. The number of carbonyl (C=O) groups excluding carboxylic acids is 2. The number of fused-ring (bicyclic) bond motifs is 1. The van der Waals surface area contributed by atoms with Gasteiger partial charge in [-0.1, -0.05) is 55.7 Å². The molecule has 2 aromatic carbocycles. The van der Waals surface area contributed by atoms with Crippen LogP contribution in [-0.4, -0.2) is 22.3 Å². The van der Waals surface area contributed by atoms with E-state index >= 15 is 0 Å². The van der Waals surface area contributed by atoms with Gasteiger partial charge in [0.15, 0.2) is 5.13 Å². The Balaban J connectivity index is 1.70. The van der Waals surface area contributed by atoms with Crippen LogP contribution in [-0.2, 0) is 4.79 Å². The van der Waals surface area contributed by atoms with Crippen LogP contribution in [0.1, 0.15) is 53.9 Å². The largest absolute Gasteiger partial charge is 0.301 e. The molecule has 5 rings (SSSR count). The number of amides is 2. The first-order valence-electron chi connectivity index (χ1n) is 10.4. The summed E-state index contributed by atoms with van der Waals surface area (Å²) < 4.78 is 0. The summed E-state index contributed by atoms with van der Waals surface area (Å²) >= 11 is 1.41. The van der Waals surface area contributed by atoms with E-state index in [1.807, 2.05) is 64.9 Å². The molecule has 1 aromatic heterocycles. The van der Waals surface area contributed by atoms with Crippen LogP contribution < -0.4 is 10.2 Å². The highest BCUT2D eigenvalue weighted by molar-refractivity contribution is 7.13. The summed E-state index contributed by atoms with van der Waals surface area (Å²) in [5, 5.41) is 5.46. The molecule has 3 aromatic rings. The highest BCUT2D eigenvalue weighted by Gasteiger charge is 2.55. The van der Waals surface area contributed by atoms with Crippen molar-refractivity contribution in [2.45, 2.75) is 43.6 Å². The van der Waals surface area contributed by atoms with Gasteiger partial charge in [0.05, 0.1) is 11.5 Å². The van der Waals surface area contributed by atoms with Crippen LogP contribution in [0.2, 0.25) is 0 Å². The molecule has 1 spiro atoms. The molecule has 2 aliphatic rings. The molecule has 1 aliphatic carbocycles. The number of nitrogens with zero attached hydrogens (tertiary/aromatic N) is 2. The summed E-state index contributed by atoms with van der Waals surface area (Å²) in [4.78, 5) is 33.6. The Bertz CT molecular complexity index is 1060. The van der Waals surface area contributed by atoms with Gasteiger partial charge in [-0.15, -0.1) is 11.3 Å². The van der Waals surface area contributed by atoms with Crippen molar-refractivity contribution in [3.63, 3.8) is 0 Å². The number of carbonyl (C=O) groups is 2. The van der Waals surface area contributed by atoms with Crippen molar-refractivity contribution in [1.29, 1.82) is 0 Å². The van der Waals surface area contributed by atoms with Gasteiger partial charge in [-0.3, -0.25) is 9.59 Å². The van der Waals surface area contributed by atoms with Crippen molar-refractivity contribution in [3.05, 3.63) is 77.3 Å². The molecule has 0 bridgehead atoms. The number of benzene rings is 2. The summed E-state index contributed by atoms with van der Waals surface area (Å²) in [7, 11) is 0. The number of nitrogens with one attached hydrogen (secondary N) is 1. The monoisotopic (exact) mass is 417 g/mol. The molecule has 2 heterocycles. The van der Waals surface area contributed by atoms with E-state index in [0.717, 1.165) is 43.4 Å². The third-order valence-electron chi connectivity index (χ3n) is 6.35. The van der Waals surface area contributed by atoms with Gasteiger partial charge >= 0.3 is 0 Å². The molecule has 0 unspecified atom stereocenters. The molecule has 1 aliphatic heterocycles. The van der Waals surface area contributed by atoms with Crippen molar-refractivity contribution in [2.24, 2.45) is 0 Å². The van der Waals surface area contributed by atoms with Crippen LogP contribution in [0.3, 0.4) is 0 Å². The molecule has 1 saturated carbocycles. The first kappa shape index (κ1) is 19.0. The number of rotatable bonds is 3.